The number of hydrogen-bond donors (Lipinski definition) is 2. The molecule has 1 aromatic carbocycles. The molecule has 0 unspecified atom stereocenters. The highest BCUT2D eigenvalue weighted by Gasteiger charge is 2.12. The second kappa shape index (κ2) is 4.61. The molecule has 0 aromatic heterocycles. The second-order valence-electron chi connectivity index (χ2n) is 2.60. The molecule has 0 saturated heterocycles. The normalized spacial score (nSPS) is 10.1. The Morgan fingerprint density at radius 2 is 2.00 bits per heavy atom. The lowest BCUT2D eigenvalue weighted by molar-refractivity contribution is 0.0697. The molecule has 1 rings (SSSR count). The molecule has 0 heterocycles. The Morgan fingerprint density at radius 1 is 1.36 bits per heavy atom. The third kappa shape index (κ3) is 2.16. The van der Waals surface area contributed by atoms with E-state index in [9.17, 15) is 4.79 Å². The van der Waals surface area contributed by atoms with Gasteiger partial charge < -0.3 is 10.8 Å². The van der Waals surface area contributed by atoms with E-state index < -0.39 is 5.97 Å². The minimum absolute atomic E-state index is 0.182. The predicted octanol–water partition coefficient (Wildman–Crippen LogP) is 2.41. The minimum Gasteiger partial charge on any atom is -0.478 e. The predicted molar refractivity (Wildman–Crippen MR) is 61.4 cm³/mol. The van der Waals surface area contributed by atoms with Crippen molar-refractivity contribution < 1.29 is 9.90 Å². The number of hydrogen-bond acceptors (Lipinski definition) is 4. The van der Waals surface area contributed by atoms with E-state index in [2.05, 4.69) is 0 Å². The fraction of sp³-hybridized carbons (Fsp3) is 0.222. The van der Waals surface area contributed by atoms with Gasteiger partial charge in [-0.3, -0.25) is 0 Å². The van der Waals surface area contributed by atoms with Gasteiger partial charge in [-0.25, -0.2) is 4.79 Å². The SMILES string of the molecule is CSc1cc(SC)c(N)c(C(=O)O)c1. The Bertz CT molecular complexity index is 366. The molecular weight excluding hydrogens is 218 g/mol. The molecule has 0 aliphatic carbocycles. The van der Waals surface area contributed by atoms with Crippen molar-refractivity contribution in [3.8, 4) is 0 Å². The van der Waals surface area contributed by atoms with Crippen LogP contribution in [-0.2, 0) is 0 Å². The van der Waals surface area contributed by atoms with Gasteiger partial charge in [-0.2, -0.15) is 0 Å². The standard InChI is InChI=1S/C9H11NO2S2/c1-13-5-3-6(9(11)12)8(10)7(4-5)14-2/h3-4H,10H2,1-2H3,(H,11,12). The summed E-state index contributed by atoms with van der Waals surface area (Å²) in [6.07, 6.45) is 3.78. The number of carboxylic acid groups (broad SMARTS) is 1. The number of thioether (sulfide) groups is 2. The Labute approximate surface area is 91.1 Å². The van der Waals surface area contributed by atoms with Crippen molar-refractivity contribution in [2.75, 3.05) is 18.2 Å². The molecule has 0 saturated carbocycles. The van der Waals surface area contributed by atoms with Crippen molar-refractivity contribution >= 4 is 35.2 Å². The maximum absolute atomic E-state index is 10.9. The summed E-state index contributed by atoms with van der Waals surface area (Å²) in [7, 11) is 0. The minimum atomic E-state index is -0.978. The zero-order valence-corrected chi connectivity index (χ0v) is 9.54. The van der Waals surface area contributed by atoms with Gasteiger partial charge in [0.1, 0.15) is 0 Å². The van der Waals surface area contributed by atoms with Gasteiger partial charge >= 0.3 is 5.97 Å². The van der Waals surface area contributed by atoms with Crippen molar-refractivity contribution in [2.24, 2.45) is 0 Å². The fourth-order valence-electron chi connectivity index (χ4n) is 1.07. The van der Waals surface area contributed by atoms with Crippen LogP contribution in [0, 0.1) is 0 Å². The zero-order valence-electron chi connectivity index (χ0n) is 7.90. The molecule has 1 aromatic rings. The summed E-state index contributed by atoms with van der Waals surface area (Å²) in [6.45, 7) is 0. The number of carboxylic acids is 1. The third-order valence-electron chi connectivity index (χ3n) is 1.80. The van der Waals surface area contributed by atoms with Crippen LogP contribution in [0.15, 0.2) is 21.9 Å². The van der Waals surface area contributed by atoms with E-state index in [0.717, 1.165) is 9.79 Å². The molecule has 0 atom stereocenters. The summed E-state index contributed by atoms with van der Waals surface area (Å²) in [5, 5.41) is 8.91. The first-order valence-corrected chi connectivity index (χ1v) is 6.30. The summed E-state index contributed by atoms with van der Waals surface area (Å²) in [5.41, 5.74) is 6.24. The van der Waals surface area contributed by atoms with Crippen LogP contribution in [-0.4, -0.2) is 23.6 Å². The Kier molecular flexibility index (Phi) is 3.71. The monoisotopic (exact) mass is 229 g/mol. The van der Waals surface area contributed by atoms with Gasteiger partial charge in [0.05, 0.1) is 11.3 Å². The molecule has 76 valence electrons. The van der Waals surface area contributed by atoms with E-state index in [-0.39, 0.29) is 5.56 Å². The van der Waals surface area contributed by atoms with Gasteiger partial charge in [-0.1, -0.05) is 0 Å². The highest BCUT2D eigenvalue weighted by atomic mass is 32.2. The average molecular weight is 229 g/mol. The molecule has 0 radical (unpaired) electrons. The molecule has 14 heavy (non-hydrogen) atoms. The molecule has 3 N–H and O–H groups in total. The average Bonchev–Trinajstić information content (AvgIpc) is 2.17. The van der Waals surface area contributed by atoms with Gasteiger partial charge in [0.25, 0.3) is 0 Å². The van der Waals surface area contributed by atoms with Crippen LogP contribution in [0.25, 0.3) is 0 Å². The smallest absolute Gasteiger partial charge is 0.337 e. The molecule has 5 heteroatoms. The molecule has 0 aliphatic heterocycles. The Morgan fingerprint density at radius 3 is 2.43 bits per heavy atom. The molecule has 0 bridgehead atoms. The number of anilines is 1. The first-order chi connectivity index (χ1) is 6.60. The first kappa shape index (κ1) is 11.3. The van der Waals surface area contributed by atoms with Crippen LogP contribution in [0.5, 0.6) is 0 Å². The third-order valence-corrected chi connectivity index (χ3v) is 3.29. The summed E-state index contributed by atoms with van der Waals surface area (Å²) >= 11 is 2.96. The summed E-state index contributed by atoms with van der Waals surface area (Å²) in [4.78, 5) is 12.6. The molecule has 0 fully saturated rings. The van der Waals surface area contributed by atoms with E-state index in [1.54, 1.807) is 6.07 Å². The molecular formula is C9H11NO2S2. The highest BCUT2D eigenvalue weighted by molar-refractivity contribution is 7.99. The van der Waals surface area contributed by atoms with Gasteiger partial charge in [0.15, 0.2) is 0 Å². The van der Waals surface area contributed by atoms with Crippen LogP contribution < -0.4 is 5.73 Å². The molecule has 0 amide bonds. The largest absolute Gasteiger partial charge is 0.478 e. The van der Waals surface area contributed by atoms with E-state index >= 15 is 0 Å². The lowest BCUT2D eigenvalue weighted by Crippen LogP contribution is -2.03. The topological polar surface area (TPSA) is 63.3 Å². The number of nitrogen functional groups attached to an aromatic ring is 1. The van der Waals surface area contributed by atoms with E-state index in [1.807, 2.05) is 18.6 Å². The number of carbonyl (C=O) groups is 1. The van der Waals surface area contributed by atoms with Gasteiger partial charge in [0.2, 0.25) is 0 Å². The van der Waals surface area contributed by atoms with Crippen LogP contribution in [0.4, 0.5) is 5.69 Å². The van der Waals surface area contributed by atoms with Crippen molar-refractivity contribution in [1.29, 1.82) is 0 Å². The molecule has 3 nitrogen and oxygen atoms in total. The maximum Gasteiger partial charge on any atom is 0.337 e. The van der Waals surface area contributed by atoms with Crippen LogP contribution in [0.3, 0.4) is 0 Å². The Hall–Kier alpha value is -0.810. The molecule has 0 spiro atoms. The number of benzene rings is 1. The van der Waals surface area contributed by atoms with Crippen molar-refractivity contribution in [3.63, 3.8) is 0 Å². The van der Waals surface area contributed by atoms with Crippen LogP contribution in [0.1, 0.15) is 10.4 Å². The second-order valence-corrected chi connectivity index (χ2v) is 4.32. The molecule has 0 aliphatic rings. The summed E-state index contributed by atoms with van der Waals surface area (Å²) in [6, 6.07) is 3.50. The van der Waals surface area contributed by atoms with E-state index in [4.69, 9.17) is 10.8 Å². The maximum atomic E-state index is 10.9. The lowest BCUT2D eigenvalue weighted by Gasteiger charge is -2.08. The Balaban J connectivity index is 3.34. The van der Waals surface area contributed by atoms with Crippen molar-refractivity contribution in [3.05, 3.63) is 17.7 Å². The lowest BCUT2D eigenvalue weighted by atomic mass is 10.2. The highest BCUT2D eigenvalue weighted by Crippen LogP contribution is 2.31. The number of aromatic carboxylic acids is 1. The number of nitrogens with two attached hydrogens (primary N) is 1. The van der Waals surface area contributed by atoms with E-state index in [1.165, 1.54) is 23.5 Å². The summed E-state index contributed by atoms with van der Waals surface area (Å²) in [5.74, 6) is -0.978. The quantitative estimate of drug-likeness (QED) is 0.615. The number of rotatable bonds is 3. The summed E-state index contributed by atoms with van der Waals surface area (Å²) < 4.78 is 0. The first-order valence-electron chi connectivity index (χ1n) is 3.85. The van der Waals surface area contributed by atoms with Crippen LogP contribution in [0.2, 0.25) is 0 Å². The zero-order chi connectivity index (χ0) is 10.7. The van der Waals surface area contributed by atoms with Crippen LogP contribution >= 0.6 is 23.5 Å². The van der Waals surface area contributed by atoms with Crippen molar-refractivity contribution in [2.45, 2.75) is 9.79 Å². The van der Waals surface area contributed by atoms with Gasteiger partial charge in [0, 0.05) is 9.79 Å². The van der Waals surface area contributed by atoms with Crippen molar-refractivity contribution in [1.82, 2.24) is 0 Å². The van der Waals surface area contributed by atoms with Gasteiger partial charge in [-0.15, -0.1) is 23.5 Å². The van der Waals surface area contributed by atoms with Gasteiger partial charge in [-0.05, 0) is 24.6 Å². The van der Waals surface area contributed by atoms with E-state index in [0.29, 0.717) is 5.69 Å². The fourth-order valence-corrected chi connectivity index (χ4v) is 2.19.